The number of carbonyl (C=O) groups excluding carboxylic acids is 1. The summed E-state index contributed by atoms with van der Waals surface area (Å²) in [4.78, 5) is 15.9. The second-order valence-corrected chi connectivity index (χ2v) is 7.19. The van der Waals surface area contributed by atoms with E-state index in [-0.39, 0.29) is 11.5 Å². The van der Waals surface area contributed by atoms with E-state index in [1.165, 1.54) is 10.9 Å². The van der Waals surface area contributed by atoms with Crippen molar-refractivity contribution in [1.82, 2.24) is 20.1 Å². The van der Waals surface area contributed by atoms with Crippen LogP contribution in [0.15, 0.2) is 36.7 Å². The van der Waals surface area contributed by atoms with Gasteiger partial charge in [0.15, 0.2) is 5.82 Å². The van der Waals surface area contributed by atoms with Crippen LogP contribution in [-0.2, 0) is 24.3 Å². The maximum absolute atomic E-state index is 12.4. The molecule has 1 aliphatic heterocycles. The molecule has 0 amide bonds. The van der Waals surface area contributed by atoms with Crippen LogP contribution >= 0.6 is 0 Å². The van der Waals surface area contributed by atoms with Gasteiger partial charge in [0.1, 0.15) is 18.2 Å². The maximum Gasteiger partial charge on any atom is 0.388 e. The van der Waals surface area contributed by atoms with Gasteiger partial charge < -0.3 is 14.8 Å². The molecule has 164 valence electrons. The van der Waals surface area contributed by atoms with Gasteiger partial charge in [-0.1, -0.05) is 12.1 Å². The van der Waals surface area contributed by atoms with Crippen LogP contribution in [0.4, 0.5) is 8.78 Å². The van der Waals surface area contributed by atoms with Crippen LogP contribution in [0.1, 0.15) is 38.2 Å². The third kappa shape index (κ3) is 4.43. The summed E-state index contributed by atoms with van der Waals surface area (Å²) < 4.78 is 35.4. The molecule has 0 radical (unpaired) electrons. The molecule has 0 saturated heterocycles. The average Bonchev–Trinajstić information content (AvgIpc) is 3.36. The summed E-state index contributed by atoms with van der Waals surface area (Å²) >= 11 is 0. The van der Waals surface area contributed by atoms with Crippen LogP contribution in [-0.4, -0.2) is 33.9 Å². The average molecular weight is 439 g/mol. The van der Waals surface area contributed by atoms with E-state index in [0.717, 1.165) is 35.2 Å². The van der Waals surface area contributed by atoms with Gasteiger partial charge in [-0.05, 0) is 48.7 Å². The minimum absolute atomic E-state index is 0.101. The Morgan fingerprint density at radius 1 is 1.34 bits per heavy atom. The molecule has 3 heterocycles. The van der Waals surface area contributed by atoms with Crippen molar-refractivity contribution >= 4 is 5.97 Å². The fourth-order valence-corrected chi connectivity index (χ4v) is 3.51. The predicted octanol–water partition coefficient (Wildman–Crippen LogP) is 3.05. The van der Waals surface area contributed by atoms with Crippen LogP contribution < -0.4 is 10.1 Å². The topological polar surface area (TPSA) is 102 Å². The summed E-state index contributed by atoms with van der Waals surface area (Å²) in [6.45, 7) is 0.587. The lowest BCUT2D eigenvalue weighted by Crippen LogP contribution is -2.17. The summed E-state index contributed by atoms with van der Waals surface area (Å²) in [7, 11) is 0. The monoisotopic (exact) mass is 439 g/mol. The number of pyridine rings is 1. The summed E-state index contributed by atoms with van der Waals surface area (Å²) in [5.41, 5.74) is 4.69. The zero-order valence-electron chi connectivity index (χ0n) is 17.1. The first-order chi connectivity index (χ1) is 15.5. The first-order valence-electron chi connectivity index (χ1n) is 9.85. The van der Waals surface area contributed by atoms with Gasteiger partial charge in [-0.15, -0.1) is 5.10 Å². The molecule has 10 heteroatoms. The standard InChI is InChI=1S/C22H19F2N5O3/c1-13-15(3-4-17-18(13)12-31-21(17)30)6-7-26-9-14-2-5-19(27-10-14)29-11-16(8-25)20(28-29)32-22(23)24/h2-5,10-11,22,26H,6-7,9,12H2,1H3. The number of cyclic esters (lactones) is 1. The molecule has 1 N–H and O–H groups in total. The Morgan fingerprint density at radius 2 is 2.19 bits per heavy atom. The molecule has 0 fully saturated rings. The number of nitrogens with one attached hydrogen (secondary N) is 1. The Morgan fingerprint density at radius 3 is 2.91 bits per heavy atom. The largest absolute Gasteiger partial charge is 0.457 e. The molecule has 0 unspecified atom stereocenters. The second-order valence-electron chi connectivity index (χ2n) is 7.19. The molecule has 3 aromatic rings. The quantitative estimate of drug-likeness (QED) is 0.425. The minimum Gasteiger partial charge on any atom is -0.457 e. The Balaban J connectivity index is 1.33. The molecule has 0 aliphatic carbocycles. The van der Waals surface area contributed by atoms with E-state index >= 15 is 0 Å². The highest BCUT2D eigenvalue weighted by Crippen LogP contribution is 2.26. The number of benzene rings is 1. The molecule has 32 heavy (non-hydrogen) atoms. The van der Waals surface area contributed by atoms with Crippen LogP contribution in [0.5, 0.6) is 5.88 Å². The van der Waals surface area contributed by atoms with Crippen molar-refractivity contribution in [2.75, 3.05) is 6.54 Å². The van der Waals surface area contributed by atoms with Crippen molar-refractivity contribution in [2.24, 2.45) is 0 Å². The first-order valence-corrected chi connectivity index (χ1v) is 9.85. The normalized spacial score (nSPS) is 12.5. The lowest BCUT2D eigenvalue weighted by Gasteiger charge is -2.10. The Kier molecular flexibility index (Phi) is 6.09. The highest BCUT2D eigenvalue weighted by atomic mass is 19.3. The third-order valence-electron chi connectivity index (χ3n) is 5.22. The van der Waals surface area contributed by atoms with Gasteiger partial charge in [-0.3, -0.25) is 0 Å². The summed E-state index contributed by atoms with van der Waals surface area (Å²) in [5.74, 6) is -0.326. The van der Waals surface area contributed by atoms with Gasteiger partial charge >= 0.3 is 12.6 Å². The number of carbonyl (C=O) groups is 1. The van der Waals surface area contributed by atoms with Crippen LogP contribution in [0.3, 0.4) is 0 Å². The molecule has 1 aliphatic rings. The summed E-state index contributed by atoms with van der Waals surface area (Å²) in [6, 6.07) is 9.06. The lowest BCUT2D eigenvalue weighted by atomic mass is 9.97. The minimum atomic E-state index is -3.07. The highest BCUT2D eigenvalue weighted by molar-refractivity contribution is 5.93. The van der Waals surface area contributed by atoms with Gasteiger partial charge in [-0.25, -0.2) is 14.5 Å². The van der Waals surface area contributed by atoms with E-state index in [2.05, 4.69) is 20.1 Å². The van der Waals surface area contributed by atoms with Gasteiger partial charge in [0.25, 0.3) is 5.88 Å². The summed E-state index contributed by atoms with van der Waals surface area (Å²) in [6.07, 6.45) is 3.73. The lowest BCUT2D eigenvalue weighted by molar-refractivity contribution is -0.0532. The van der Waals surface area contributed by atoms with Crippen molar-refractivity contribution in [2.45, 2.75) is 33.1 Å². The van der Waals surface area contributed by atoms with E-state index in [1.807, 2.05) is 25.1 Å². The number of aromatic nitrogens is 3. The van der Waals surface area contributed by atoms with Crippen LogP contribution in [0.25, 0.3) is 5.82 Å². The number of rotatable bonds is 8. The van der Waals surface area contributed by atoms with Gasteiger partial charge in [0, 0.05) is 18.3 Å². The first kappa shape index (κ1) is 21.4. The third-order valence-corrected chi connectivity index (χ3v) is 5.22. The van der Waals surface area contributed by atoms with Crippen molar-refractivity contribution in [3.63, 3.8) is 0 Å². The predicted molar refractivity (Wildman–Crippen MR) is 108 cm³/mol. The van der Waals surface area contributed by atoms with E-state index in [9.17, 15) is 13.6 Å². The molecule has 2 aromatic heterocycles. The zero-order valence-corrected chi connectivity index (χ0v) is 17.1. The smallest absolute Gasteiger partial charge is 0.388 e. The fourth-order valence-electron chi connectivity index (χ4n) is 3.51. The molecule has 0 saturated carbocycles. The number of ether oxygens (including phenoxy) is 2. The molecule has 0 spiro atoms. The van der Waals surface area contributed by atoms with E-state index in [4.69, 9.17) is 10.00 Å². The molecule has 8 nitrogen and oxygen atoms in total. The van der Waals surface area contributed by atoms with Gasteiger partial charge in [-0.2, -0.15) is 14.0 Å². The van der Waals surface area contributed by atoms with Crippen LogP contribution in [0, 0.1) is 18.3 Å². The Hall–Kier alpha value is -3.84. The number of alkyl halides is 2. The second kappa shape index (κ2) is 9.11. The molecule has 0 atom stereocenters. The SMILES string of the molecule is Cc1c(CCNCc2ccc(-n3cc(C#N)c(OC(F)F)n3)nc2)ccc2c1COC2=O. The van der Waals surface area contributed by atoms with Crippen LogP contribution in [0.2, 0.25) is 0 Å². The Labute approximate surface area is 182 Å². The molecular formula is C22H19F2N5O3. The zero-order chi connectivity index (χ0) is 22.7. The molecule has 4 rings (SSSR count). The number of fused-ring (bicyclic) bond motifs is 1. The van der Waals surface area contributed by atoms with Crippen molar-refractivity contribution in [3.05, 3.63) is 70.0 Å². The van der Waals surface area contributed by atoms with Gasteiger partial charge in [0.2, 0.25) is 0 Å². The van der Waals surface area contributed by atoms with E-state index in [0.29, 0.717) is 24.5 Å². The highest BCUT2D eigenvalue weighted by Gasteiger charge is 2.23. The molecule has 1 aromatic carbocycles. The molecular weight excluding hydrogens is 420 g/mol. The fraction of sp³-hybridized carbons (Fsp3) is 0.273. The number of hydrogen-bond donors (Lipinski definition) is 1. The number of nitrogens with zero attached hydrogens (tertiary/aromatic N) is 4. The van der Waals surface area contributed by atoms with Gasteiger partial charge in [0.05, 0.1) is 11.8 Å². The molecule has 0 bridgehead atoms. The number of hydrogen-bond acceptors (Lipinski definition) is 7. The Bertz CT molecular complexity index is 1190. The van der Waals surface area contributed by atoms with E-state index < -0.39 is 12.5 Å². The van der Waals surface area contributed by atoms with Crippen molar-refractivity contribution in [1.29, 1.82) is 5.26 Å². The number of halogens is 2. The van der Waals surface area contributed by atoms with Crippen molar-refractivity contribution in [3.8, 4) is 17.8 Å². The van der Waals surface area contributed by atoms with E-state index in [1.54, 1.807) is 18.3 Å². The summed E-state index contributed by atoms with van der Waals surface area (Å²) in [5, 5.41) is 16.2. The number of nitriles is 1. The maximum atomic E-state index is 12.4. The van der Waals surface area contributed by atoms with Crippen molar-refractivity contribution < 1.29 is 23.0 Å². The number of esters is 1.